The first kappa shape index (κ1) is 19.8. The largest absolute Gasteiger partial charge is 0.478 e. The highest BCUT2D eigenvalue weighted by molar-refractivity contribution is 5.85. The normalized spacial score (nSPS) is 26.9. The minimum atomic E-state index is -6.05. The molecule has 0 aromatic heterocycles. The molecule has 0 spiro atoms. The SMILES string of the molecule is C=C(CC1CCC(O)(C(F)(F)C(O)(O)C(F)(F)F)CC1)C(=O)O. The highest BCUT2D eigenvalue weighted by Gasteiger charge is 2.76. The van der Waals surface area contributed by atoms with Crippen LogP contribution in [0.3, 0.4) is 0 Å². The Morgan fingerprint density at radius 1 is 1.13 bits per heavy atom. The Hall–Kier alpha value is -1.26. The summed E-state index contributed by atoms with van der Waals surface area (Å²) in [4.78, 5) is 10.6. The molecule has 0 amide bonds. The van der Waals surface area contributed by atoms with Crippen molar-refractivity contribution < 1.29 is 47.2 Å². The number of aliphatic carboxylic acids is 1. The zero-order valence-corrected chi connectivity index (χ0v) is 11.9. The Morgan fingerprint density at radius 3 is 1.91 bits per heavy atom. The number of halogens is 5. The van der Waals surface area contributed by atoms with Gasteiger partial charge in [0.25, 0.3) is 0 Å². The maximum atomic E-state index is 13.9. The maximum Gasteiger partial charge on any atom is 0.449 e. The first-order valence-electron chi connectivity index (χ1n) is 6.68. The van der Waals surface area contributed by atoms with E-state index in [1.807, 2.05) is 0 Å². The van der Waals surface area contributed by atoms with Crippen LogP contribution in [0.5, 0.6) is 0 Å². The number of alkyl halides is 5. The molecule has 0 atom stereocenters. The second-order valence-electron chi connectivity index (χ2n) is 5.83. The number of aliphatic hydroxyl groups is 3. The fourth-order valence-corrected chi connectivity index (χ4v) is 2.61. The quantitative estimate of drug-likeness (QED) is 0.345. The van der Waals surface area contributed by atoms with Gasteiger partial charge in [0.15, 0.2) is 0 Å². The van der Waals surface area contributed by atoms with Gasteiger partial charge < -0.3 is 20.4 Å². The smallest absolute Gasteiger partial charge is 0.449 e. The Morgan fingerprint density at radius 2 is 1.57 bits per heavy atom. The van der Waals surface area contributed by atoms with E-state index in [-0.39, 0.29) is 24.8 Å². The van der Waals surface area contributed by atoms with E-state index in [0.717, 1.165) is 0 Å². The van der Waals surface area contributed by atoms with Crippen LogP contribution in [0.25, 0.3) is 0 Å². The van der Waals surface area contributed by atoms with Gasteiger partial charge in [-0.15, -0.1) is 0 Å². The molecule has 0 radical (unpaired) electrons. The Bertz CT molecular complexity index is 478. The summed E-state index contributed by atoms with van der Waals surface area (Å²) in [6.07, 6.45) is -8.19. The van der Waals surface area contributed by atoms with E-state index in [1.165, 1.54) is 0 Å². The highest BCUT2D eigenvalue weighted by atomic mass is 19.4. The molecule has 4 N–H and O–H groups in total. The number of carboxylic acid groups (broad SMARTS) is 1. The third-order valence-electron chi connectivity index (χ3n) is 4.19. The third-order valence-corrected chi connectivity index (χ3v) is 4.19. The molecule has 23 heavy (non-hydrogen) atoms. The molecule has 1 rings (SSSR count). The van der Waals surface area contributed by atoms with Gasteiger partial charge in [-0.25, -0.2) is 4.79 Å². The Kier molecular flexibility index (Phi) is 5.15. The second-order valence-corrected chi connectivity index (χ2v) is 5.83. The van der Waals surface area contributed by atoms with Crippen LogP contribution in [0.15, 0.2) is 12.2 Å². The maximum absolute atomic E-state index is 13.9. The molecular weight excluding hydrogens is 331 g/mol. The van der Waals surface area contributed by atoms with Gasteiger partial charge in [0.05, 0.1) is 0 Å². The molecule has 0 heterocycles. The van der Waals surface area contributed by atoms with E-state index in [9.17, 15) is 31.9 Å². The van der Waals surface area contributed by atoms with Crippen molar-refractivity contribution >= 4 is 5.97 Å². The van der Waals surface area contributed by atoms with Crippen LogP contribution >= 0.6 is 0 Å². The molecule has 0 aliphatic heterocycles. The van der Waals surface area contributed by atoms with Crippen LogP contribution in [0, 0.1) is 5.92 Å². The first-order valence-corrected chi connectivity index (χ1v) is 6.68. The number of hydrogen-bond donors (Lipinski definition) is 4. The zero-order valence-electron chi connectivity index (χ0n) is 11.9. The molecule has 0 unspecified atom stereocenters. The summed E-state index contributed by atoms with van der Waals surface area (Å²) in [5.74, 6) is -12.3. The van der Waals surface area contributed by atoms with Crippen molar-refractivity contribution in [1.82, 2.24) is 0 Å². The molecule has 1 fully saturated rings. The summed E-state index contributed by atoms with van der Waals surface area (Å²) in [5.41, 5.74) is -3.44. The fraction of sp³-hybridized carbons (Fsp3) is 0.769. The van der Waals surface area contributed by atoms with E-state index in [0.29, 0.717) is 0 Å². The van der Waals surface area contributed by atoms with Gasteiger partial charge in [0.1, 0.15) is 5.60 Å². The summed E-state index contributed by atoms with van der Waals surface area (Å²) in [7, 11) is 0. The summed E-state index contributed by atoms with van der Waals surface area (Å²) >= 11 is 0. The van der Waals surface area contributed by atoms with Crippen molar-refractivity contribution in [3.63, 3.8) is 0 Å². The van der Waals surface area contributed by atoms with E-state index in [2.05, 4.69) is 6.58 Å². The summed E-state index contributed by atoms with van der Waals surface area (Å²) in [5, 5.41) is 36.1. The van der Waals surface area contributed by atoms with Crippen LogP contribution in [0.1, 0.15) is 32.1 Å². The van der Waals surface area contributed by atoms with Crippen LogP contribution in [0.4, 0.5) is 22.0 Å². The molecule has 0 aromatic rings. The number of rotatable bonds is 5. The molecular formula is C13H17F5O5. The van der Waals surface area contributed by atoms with Crippen molar-refractivity contribution in [2.45, 2.75) is 55.6 Å². The van der Waals surface area contributed by atoms with Crippen LogP contribution in [-0.4, -0.2) is 49.9 Å². The predicted octanol–water partition coefficient (Wildman–Crippen LogP) is 1.82. The van der Waals surface area contributed by atoms with Gasteiger partial charge >= 0.3 is 23.9 Å². The average molecular weight is 348 g/mol. The zero-order chi connectivity index (χ0) is 18.3. The molecule has 5 nitrogen and oxygen atoms in total. The summed E-state index contributed by atoms with van der Waals surface area (Å²) in [6, 6.07) is 0. The lowest BCUT2D eigenvalue weighted by Gasteiger charge is -2.45. The van der Waals surface area contributed by atoms with Crippen LogP contribution in [-0.2, 0) is 4.79 Å². The van der Waals surface area contributed by atoms with Crippen molar-refractivity contribution in [3.05, 3.63) is 12.2 Å². The minimum Gasteiger partial charge on any atom is -0.478 e. The minimum absolute atomic E-state index is 0.0559. The number of hydrogen-bond acceptors (Lipinski definition) is 4. The molecule has 10 heteroatoms. The number of carbonyl (C=O) groups is 1. The van der Waals surface area contributed by atoms with Crippen LogP contribution in [0.2, 0.25) is 0 Å². The monoisotopic (exact) mass is 348 g/mol. The van der Waals surface area contributed by atoms with Crippen molar-refractivity contribution in [1.29, 1.82) is 0 Å². The van der Waals surface area contributed by atoms with Gasteiger partial charge in [0, 0.05) is 5.57 Å². The van der Waals surface area contributed by atoms with Gasteiger partial charge in [0.2, 0.25) is 0 Å². The first-order chi connectivity index (χ1) is 10.2. The number of carboxylic acids is 1. The van der Waals surface area contributed by atoms with Crippen molar-refractivity contribution in [2.75, 3.05) is 0 Å². The highest BCUT2D eigenvalue weighted by Crippen LogP contribution is 2.51. The second kappa shape index (κ2) is 5.99. The molecule has 0 bridgehead atoms. The molecule has 1 aliphatic carbocycles. The standard InChI is InChI=1S/C13H17F5O5/c1-7(9(19)20)6-8-2-4-10(21,5-3-8)11(14,15)12(22,23)13(16,17)18/h8,21-23H,1-6H2,(H,19,20). The molecule has 0 aromatic carbocycles. The average Bonchev–Trinajstić information content (AvgIpc) is 2.39. The van der Waals surface area contributed by atoms with Crippen molar-refractivity contribution in [3.8, 4) is 0 Å². The summed E-state index contributed by atoms with van der Waals surface area (Å²) in [6.45, 7) is 3.27. The molecule has 1 aliphatic rings. The Balaban J connectivity index is 2.87. The van der Waals surface area contributed by atoms with Gasteiger partial charge in [-0.05, 0) is 38.0 Å². The Labute approximate surface area is 128 Å². The molecule has 134 valence electrons. The van der Waals surface area contributed by atoms with E-state index in [1.54, 1.807) is 0 Å². The molecule has 1 saturated carbocycles. The topological polar surface area (TPSA) is 98.0 Å². The van der Waals surface area contributed by atoms with Gasteiger partial charge in [-0.3, -0.25) is 0 Å². The lowest BCUT2D eigenvalue weighted by atomic mass is 9.72. The van der Waals surface area contributed by atoms with Crippen LogP contribution < -0.4 is 0 Å². The van der Waals surface area contributed by atoms with Gasteiger partial charge in [-0.2, -0.15) is 22.0 Å². The van der Waals surface area contributed by atoms with Gasteiger partial charge in [-0.1, -0.05) is 6.58 Å². The third kappa shape index (κ3) is 3.48. The summed E-state index contributed by atoms with van der Waals surface area (Å²) < 4.78 is 65.1. The van der Waals surface area contributed by atoms with E-state index in [4.69, 9.17) is 15.3 Å². The fourth-order valence-electron chi connectivity index (χ4n) is 2.61. The molecule has 0 saturated heterocycles. The predicted molar refractivity (Wildman–Crippen MR) is 66.5 cm³/mol. The van der Waals surface area contributed by atoms with E-state index < -0.39 is 48.2 Å². The van der Waals surface area contributed by atoms with Crippen molar-refractivity contribution in [2.24, 2.45) is 5.92 Å². The lowest BCUT2D eigenvalue weighted by Crippen LogP contribution is -2.69. The lowest BCUT2D eigenvalue weighted by molar-refractivity contribution is -0.444. The van der Waals surface area contributed by atoms with E-state index >= 15 is 0 Å².